The summed E-state index contributed by atoms with van der Waals surface area (Å²) in [4.78, 5) is 41.7. The summed E-state index contributed by atoms with van der Waals surface area (Å²) in [6.07, 6.45) is 5.55. The molecule has 1 aromatic rings. The van der Waals surface area contributed by atoms with Gasteiger partial charge in [-0.25, -0.2) is 0 Å². The van der Waals surface area contributed by atoms with Crippen LogP contribution in [-0.2, 0) is 20.9 Å². The van der Waals surface area contributed by atoms with E-state index in [0.29, 0.717) is 19.5 Å². The number of carbonyl (C=O) groups excluding carboxylic acids is 3. The summed E-state index contributed by atoms with van der Waals surface area (Å²) in [6.45, 7) is 1.21. The molecule has 2 aliphatic rings. The zero-order chi connectivity index (χ0) is 24.0. The van der Waals surface area contributed by atoms with Gasteiger partial charge in [-0.1, -0.05) is 43.5 Å². The molecule has 182 valence electrons. The number of nitrogens with two attached hydrogens (primary N) is 3. The summed E-state index contributed by atoms with van der Waals surface area (Å²) in [5.74, 6) is 0.0863. The molecule has 0 unspecified atom stereocenters. The maximum Gasteiger partial charge on any atom is 0.281 e. The van der Waals surface area contributed by atoms with E-state index in [1.807, 2.05) is 29.6 Å². The number of benzene rings is 1. The molecule has 2 fully saturated rings. The first-order valence-corrected chi connectivity index (χ1v) is 12.0. The summed E-state index contributed by atoms with van der Waals surface area (Å²) in [5.41, 5.74) is 13.1. The molecular formula is C24H39N6O3+. The van der Waals surface area contributed by atoms with Crippen molar-refractivity contribution in [2.75, 3.05) is 27.2 Å². The monoisotopic (exact) mass is 459 g/mol. The highest BCUT2D eigenvalue weighted by Crippen LogP contribution is 2.28. The van der Waals surface area contributed by atoms with Gasteiger partial charge in [0, 0.05) is 33.1 Å². The Morgan fingerprint density at radius 1 is 1.09 bits per heavy atom. The van der Waals surface area contributed by atoms with E-state index in [-0.39, 0.29) is 36.2 Å². The van der Waals surface area contributed by atoms with Crippen molar-refractivity contribution in [2.24, 2.45) is 17.4 Å². The molecule has 33 heavy (non-hydrogen) atoms. The number of nitrogens with zero attached hydrogens (tertiary/aromatic N) is 2. The van der Waals surface area contributed by atoms with Gasteiger partial charge in [-0.2, -0.15) is 0 Å². The molecule has 0 bridgehead atoms. The van der Waals surface area contributed by atoms with Crippen LogP contribution in [0, 0.1) is 5.92 Å². The van der Waals surface area contributed by atoms with Crippen molar-refractivity contribution < 1.29 is 19.7 Å². The molecular weight excluding hydrogens is 420 g/mol. The Balaban J connectivity index is 1.59. The number of hydrogen-bond donors (Lipinski definition) is 4. The zero-order valence-electron chi connectivity index (χ0n) is 19.8. The Bertz CT molecular complexity index is 820. The predicted octanol–water partition coefficient (Wildman–Crippen LogP) is -0.580. The normalized spacial score (nSPS) is 19.7. The molecule has 1 saturated carbocycles. The molecule has 3 rings (SSSR count). The van der Waals surface area contributed by atoms with Gasteiger partial charge in [0.15, 0.2) is 12.6 Å². The number of rotatable bonds is 9. The van der Waals surface area contributed by atoms with Crippen LogP contribution in [0.15, 0.2) is 24.3 Å². The molecule has 2 atom stereocenters. The minimum atomic E-state index is -0.523. The number of hydrogen-bond acceptors (Lipinski definition) is 5. The molecule has 1 heterocycles. The van der Waals surface area contributed by atoms with Crippen molar-refractivity contribution >= 4 is 17.7 Å². The van der Waals surface area contributed by atoms with Gasteiger partial charge in [-0.3, -0.25) is 14.4 Å². The topological polar surface area (TPSA) is 138 Å². The number of likely N-dealkylation sites (N-methyl/N-ethyl adjacent to an activating group) is 1. The number of likely N-dealkylation sites (tertiary alicyclic amines) is 1. The van der Waals surface area contributed by atoms with E-state index in [9.17, 15) is 14.4 Å². The van der Waals surface area contributed by atoms with Gasteiger partial charge in [0.2, 0.25) is 5.91 Å². The Morgan fingerprint density at radius 2 is 1.76 bits per heavy atom. The fourth-order valence-electron chi connectivity index (χ4n) is 4.68. The largest absolute Gasteiger partial charge is 0.350 e. The third kappa shape index (κ3) is 6.52. The minimum Gasteiger partial charge on any atom is -0.350 e. The fraction of sp³-hybridized carbons (Fsp3) is 0.625. The maximum absolute atomic E-state index is 13.5. The average molecular weight is 460 g/mol. The summed E-state index contributed by atoms with van der Waals surface area (Å²) < 4.78 is 0. The number of quaternary nitrogens is 1. The van der Waals surface area contributed by atoms with E-state index in [4.69, 9.17) is 11.5 Å². The first kappa shape index (κ1) is 25.1. The minimum absolute atomic E-state index is 0.0110. The third-order valence-corrected chi connectivity index (χ3v) is 6.92. The Labute approximate surface area is 196 Å². The average Bonchev–Trinajstić information content (AvgIpc) is 2.77. The number of amides is 3. The lowest BCUT2D eigenvalue weighted by atomic mass is 9.82. The molecule has 0 spiro atoms. The van der Waals surface area contributed by atoms with Gasteiger partial charge >= 0.3 is 0 Å². The van der Waals surface area contributed by atoms with Crippen molar-refractivity contribution in [1.29, 1.82) is 0 Å². The smallest absolute Gasteiger partial charge is 0.281 e. The molecule has 9 nitrogen and oxygen atoms in total. The molecule has 3 amide bonds. The Morgan fingerprint density at radius 3 is 2.30 bits per heavy atom. The lowest BCUT2D eigenvalue weighted by Gasteiger charge is -2.42. The van der Waals surface area contributed by atoms with Gasteiger partial charge in [0.1, 0.15) is 6.04 Å². The molecule has 0 radical (unpaired) electrons. The SMILES string of the molecule is CN(C)C(=O)C[NH2+][C@@H](C(=O)N1CC[C@H]1C(=O)NCc1ccc(C(N)N)cc1)C1CCCCC1. The highest BCUT2D eigenvalue weighted by Gasteiger charge is 2.44. The molecule has 1 aromatic carbocycles. The van der Waals surface area contributed by atoms with Crippen molar-refractivity contribution in [3.63, 3.8) is 0 Å². The lowest BCUT2D eigenvalue weighted by molar-refractivity contribution is -0.674. The van der Waals surface area contributed by atoms with E-state index >= 15 is 0 Å². The Kier molecular flexibility index (Phi) is 8.82. The second-order valence-electron chi connectivity index (χ2n) is 9.47. The highest BCUT2D eigenvalue weighted by molar-refractivity contribution is 5.91. The van der Waals surface area contributed by atoms with Crippen molar-refractivity contribution in [3.05, 3.63) is 35.4 Å². The van der Waals surface area contributed by atoms with Crippen LogP contribution in [0.25, 0.3) is 0 Å². The van der Waals surface area contributed by atoms with E-state index in [1.165, 1.54) is 6.42 Å². The van der Waals surface area contributed by atoms with Crippen LogP contribution >= 0.6 is 0 Å². The van der Waals surface area contributed by atoms with E-state index < -0.39 is 12.2 Å². The number of carbonyl (C=O) groups is 3. The molecule has 7 N–H and O–H groups in total. The molecule has 1 aliphatic heterocycles. The van der Waals surface area contributed by atoms with Crippen LogP contribution in [0.4, 0.5) is 0 Å². The van der Waals surface area contributed by atoms with Gasteiger partial charge in [0.25, 0.3) is 11.8 Å². The first-order chi connectivity index (χ1) is 15.8. The summed E-state index contributed by atoms with van der Waals surface area (Å²) in [6, 6.07) is 6.73. The van der Waals surface area contributed by atoms with Crippen LogP contribution in [0.3, 0.4) is 0 Å². The first-order valence-electron chi connectivity index (χ1n) is 12.0. The highest BCUT2D eigenvalue weighted by atomic mass is 16.2. The Hall–Kier alpha value is -2.49. The third-order valence-electron chi connectivity index (χ3n) is 6.92. The van der Waals surface area contributed by atoms with Gasteiger partial charge < -0.3 is 31.9 Å². The molecule has 9 heteroatoms. The van der Waals surface area contributed by atoms with Gasteiger partial charge in [0.05, 0.1) is 6.17 Å². The van der Waals surface area contributed by atoms with E-state index in [1.54, 1.807) is 23.9 Å². The molecule has 0 aromatic heterocycles. The summed E-state index contributed by atoms with van der Waals surface area (Å²) >= 11 is 0. The van der Waals surface area contributed by atoms with E-state index in [2.05, 4.69) is 5.32 Å². The van der Waals surface area contributed by atoms with Crippen LogP contribution in [0.1, 0.15) is 55.8 Å². The van der Waals surface area contributed by atoms with Crippen molar-refractivity contribution in [2.45, 2.75) is 63.3 Å². The van der Waals surface area contributed by atoms with Crippen molar-refractivity contribution in [1.82, 2.24) is 15.1 Å². The van der Waals surface area contributed by atoms with Crippen LogP contribution < -0.4 is 22.1 Å². The maximum atomic E-state index is 13.5. The predicted molar refractivity (Wildman–Crippen MR) is 125 cm³/mol. The van der Waals surface area contributed by atoms with Crippen LogP contribution in [0.5, 0.6) is 0 Å². The number of nitrogens with one attached hydrogen (secondary N) is 1. The second kappa shape index (κ2) is 11.6. The lowest BCUT2D eigenvalue weighted by Crippen LogP contribution is -2.96. The van der Waals surface area contributed by atoms with E-state index in [0.717, 1.165) is 36.8 Å². The standard InChI is InChI=1S/C24H38N6O3/c1-29(2)20(31)15-27-21(17-6-4-3-5-7-17)24(33)30-13-12-19(30)23(32)28-14-16-8-10-18(11-9-16)22(25)26/h8-11,17,19,21-22,27H,3-7,12-15,25-26H2,1-2H3,(H,28,32)/p+1/t19-,21+/m0/s1. The molecule has 1 aliphatic carbocycles. The van der Waals surface area contributed by atoms with Gasteiger partial charge in [-0.15, -0.1) is 0 Å². The summed E-state index contributed by atoms with van der Waals surface area (Å²) in [5, 5.41) is 4.84. The van der Waals surface area contributed by atoms with Crippen LogP contribution in [-0.4, -0.2) is 66.8 Å². The van der Waals surface area contributed by atoms with Crippen molar-refractivity contribution in [3.8, 4) is 0 Å². The second-order valence-corrected chi connectivity index (χ2v) is 9.47. The summed E-state index contributed by atoms with van der Waals surface area (Å²) in [7, 11) is 3.45. The van der Waals surface area contributed by atoms with Gasteiger partial charge in [-0.05, 0) is 30.4 Å². The quantitative estimate of drug-likeness (QED) is 0.366. The van der Waals surface area contributed by atoms with Crippen LogP contribution in [0.2, 0.25) is 0 Å². The molecule has 1 saturated heterocycles. The fourth-order valence-corrected chi connectivity index (χ4v) is 4.68. The zero-order valence-corrected chi connectivity index (χ0v) is 19.8.